The van der Waals surface area contributed by atoms with Crippen molar-refractivity contribution in [1.29, 1.82) is 0 Å². The number of nitrogens with zero attached hydrogens (tertiary/aromatic N) is 3. The fourth-order valence-electron chi connectivity index (χ4n) is 2.59. The van der Waals surface area contributed by atoms with Gasteiger partial charge >= 0.3 is 5.97 Å². The largest absolute Gasteiger partial charge is 0.478 e. The van der Waals surface area contributed by atoms with E-state index in [0.29, 0.717) is 10.5 Å². The number of carbonyl (C=O) groups excluding carboxylic acids is 1. The molecule has 0 fully saturated rings. The second kappa shape index (κ2) is 7.67. The van der Waals surface area contributed by atoms with Crippen LogP contribution in [0.1, 0.15) is 30.6 Å². The van der Waals surface area contributed by atoms with Crippen LogP contribution in [0.3, 0.4) is 0 Å². The van der Waals surface area contributed by atoms with Gasteiger partial charge in [-0.15, -0.1) is 11.3 Å². The van der Waals surface area contributed by atoms with Crippen molar-refractivity contribution in [2.75, 3.05) is 0 Å². The predicted octanol–water partition coefficient (Wildman–Crippen LogP) is 2.13. The number of carbonyl (C=O) groups is 2. The van der Waals surface area contributed by atoms with Gasteiger partial charge in [0, 0.05) is 17.6 Å². The summed E-state index contributed by atoms with van der Waals surface area (Å²) in [5.41, 5.74) is -0.257. The zero-order chi connectivity index (χ0) is 19.6. The molecule has 8 nitrogen and oxygen atoms in total. The fraction of sp³-hybridized carbons (Fsp3) is 0.278. The van der Waals surface area contributed by atoms with E-state index in [1.54, 1.807) is 24.4 Å². The minimum Gasteiger partial charge on any atom is -0.478 e. The van der Waals surface area contributed by atoms with E-state index in [1.165, 1.54) is 9.95 Å². The highest BCUT2D eigenvalue weighted by Crippen LogP contribution is 2.24. The van der Waals surface area contributed by atoms with Crippen molar-refractivity contribution in [3.63, 3.8) is 0 Å². The topological polar surface area (TPSA) is 114 Å². The number of aromatic nitrogens is 3. The third-order valence-electron chi connectivity index (χ3n) is 4.14. The van der Waals surface area contributed by atoms with E-state index in [9.17, 15) is 19.5 Å². The number of nitrogens with one attached hydrogen (secondary N) is 1. The number of pyridine rings is 1. The first-order chi connectivity index (χ1) is 12.9. The summed E-state index contributed by atoms with van der Waals surface area (Å²) in [6.07, 6.45) is 2.31. The standard InChI is InChI=1S/C18H18N4O4S/c1-3-10(2)20-13(23)8-22-15(12-6-4-5-7-19-12)21-16-14(17(22)24)11(9-27-16)18(25)26/h4-7,9-10H,3,8H2,1-2H3,(H,20,23)(H,25,26). The monoisotopic (exact) mass is 386 g/mol. The highest BCUT2D eigenvalue weighted by atomic mass is 32.1. The van der Waals surface area contributed by atoms with Crippen LogP contribution in [-0.4, -0.2) is 37.6 Å². The fourth-order valence-corrected chi connectivity index (χ4v) is 3.49. The van der Waals surface area contributed by atoms with Gasteiger partial charge in [0.1, 0.15) is 17.1 Å². The van der Waals surface area contributed by atoms with Crippen molar-refractivity contribution in [3.05, 3.63) is 45.7 Å². The quantitative estimate of drug-likeness (QED) is 0.671. The van der Waals surface area contributed by atoms with Crippen LogP contribution in [0.5, 0.6) is 0 Å². The summed E-state index contributed by atoms with van der Waals surface area (Å²) < 4.78 is 1.18. The van der Waals surface area contributed by atoms with Crippen molar-refractivity contribution in [1.82, 2.24) is 19.9 Å². The summed E-state index contributed by atoms with van der Waals surface area (Å²) >= 11 is 1.07. The molecule has 2 N–H and O–H groups in total. The molecule has 0 aliphatic rings. The third kappa shape index (κ3) is 3.72. The summed E-state index contributed by atoms with van der Waals surface area (Å²) in [5, 5.41) is 13.5. The minimum absolute atomic E-state index is 0.00326. The van der Waals surface area contributed by atoms with Crippen LogP contribution >= 0.6 is 11.3 Å². The molecular formula is C18H18N4O4S. The van der Waals surface area contributed by atoms with E-state index in [4.69, 9.17) is 0 Å². The maximum Gasteiger partial charge on any atom is 0.337 e. The summed E-state index contributed by atoms with van der Waals surface area (Å²) in [7, 11) is 0. The van der Waals surface area contributed by atoms with Crippen molar-refractivity contribution in [3.8, 4) is 11.5 Å². The Morgan fingerprint density at radius 1 is 1.37 bits per heavy atom. The molecule has 140 valence electrons. The molecule has 1 atom stereocenters. The van der Waals surface area contributed by atoms with Gasteiger partial charge in [-0.05, 0) is 25.5 Å². The van der Waals surface area contributed by atoms with E-state index in [1.807, 2.05) is 13.8 Å². The molecule has 9 heteroatoms. The maximum atomic E-state index is 13.1. The number of hydrogen-bond donors (Lipinski definition) is 2. The number of rotatable bonds is 6. The summed E-state index contributed by atoms with van der Waals surface area (Å²) in [5.74, 6) is -1.33. The highest BCUT2D eigenvalue weighted by molar-refractivity contribution is 7.17. The average Bonchev–Trinajstić information content (AvgIpc) is 3.09. The Labute approximate surface area is 158 Å². The number of fused-ring (bicyclic) bond motifs is 1. The second-order valence-electron chi connectivity index (χ2n) is 6.05. The van der Waals surface area contributed by atoms with Gasteiger partial charge in [0.05, 0.1) is 10.9 Å². The van der Waals surface area contributed by atoms with E-state index in [-0.39, 0.29) is 35.3 Å². The van der Waals surface area contributed by atoms with Crippen LogP contribution in [0.2, 0.25) is 0 Å². The van der Waals surface area contributed by atoms with Gasteiger partial charge in [-0.2, -0.15) is 0 Å². The first-order valence-corrected chi connectivity index (χ1v) is 9.26. The number of thiophene rings is 1. The number of hydrogen-bond acceptors (Lipinski definition) is 6. The molecule has 0 radical (unpaired) electrons. The lowest BCUT2D eigenvalue weighted by atomic mass is 10.2. The molecule has 0 saturated carbocycles. The van der Waals surface area contributed by atoms with Crippen LogP contribution in [0.25, 0.3) is 21.7 Å². The Kier molecular flexibility index (Phi) is 5.31. The average molecular weight is 386 g/mol. The lowest BCUT2D eigenvalue weighted by Crippen LogP contribution is -2.38. The summed E-state index contributed by atoms with van der Waals surface area (Å²) in [4.78, 5) is 45.8. The van der Waals surface area contributed by atoms with E-state index in [0.717, 1.165) is 17.8 Å². The second-order valence-corrected chi connectivity index (χ2v) is 6.91. The van der Waals surface area contributed by atoms with Crippen LogP contribution in [0.15, 0.2) is 34.6 Å². The van der Waals surface area contributed by atoms with Crippen LogP contribution in [-0.2, 0) is 11.3 Å². The SMILES string of the molecule is CCC(C)NC(=O)Cn1c(-c2ccccn2)nc2scc(C(=O)O)c2c1=O. The lowest BCUT2D eigenvalue weighted by molar-refractivity contribution is -0.122. The van der Waals surface area contributed by atoms with Gasteiger partial charge in [-0.25, -0.2) is 9.78 Å². The van der Waals surface area contributed by atoms with Crippen molar-refractivity contribution < 1.29 is 14.7 Å². The first kappa shape index (κ1) is 18.7. The van der Waals surface area contributed by atoms with E-state index < -0.39 is 11.5 Å². The smallest absolute Gasteiger partial charge is 0.337 e. The molecule has 0 aromatic carbocycles. The van der Waals surface area contributed by atoms with Crippen LogP contribution in [0, 0.1) is 0 Å². The molecule has 0 aliphatic heterocycles. The molecule has 0 saturated heterocycles. The van der Waals surface area contributed by atoms with Crippen molar-refractivity contribution in [2.24, 2.45) is 0 Å². The Balaban J connectivity index is 2.19. The first-order valence-electron chi connectivity index (χ1n) is 8.38. The number of carboxylic acid groups (broad SMARTS) is 1. The summed E-state index contributed by atoms with van der Waals surface area (Å²) in [6, 6.07) is 5.12. The molecule has 1 amide bonds. The Morgan fingerprint density at radius 2 is 2.15 bits per heavy atom. The number of carboxylic acids is 1. The van der Waals surface area contributed by atoms with Crippen molar-refractivity contribution >= 4 is 33.4 Å². The minimum atomic E-state index is -1.21. The molecule has 3 heterocycles. The maximum absolute atomic E-state index is 13.1. The van der Waals surface area contributed by atoms with Gasteiger partial charge in [-0.1, -0.05) is 13.0 Å². The molecule has 3 rings (SSSR count). The molecule has 0 spiro atoms. The predicted molar refractivity (Wildman–Crippen MR) is 102 cm³/mol. The van der Waals surface area contributed by atoms with E-state index >= 15 is 0 Å². The molecule has 0 aliphatic carbocycles. The van der Waals surface area contributed by atoms with Gasteiger partial charge in [-0.3, -0.25) is 19.1 Å². The zero-order valence-corrected chi connectivity index (χ0v) is 15.6. The molecule has 0 bridgehead atoms. The van der Waals surface area contributed by atoms with E-state index in [2.05, 4.69) is 15.3 Å². The van der Waals surface area contributed by atoms with Gasteiger partial charge < -0.3 is 10.4 Å². The number of amides is 1. The van der Waals surface area contributed by atoms with Crippen LogP contribution in [0.4, 0.5) is 0 Å². The Morgan fingerprint density at radius 3 is 2.78 bits per heavy atom. The molecule has 3 aromatic rings. The normalized spacial score (nSPS) is 12.1. The van der Waals surface area contributed by atoms with Crippen LogP contribution < -0.4 is 10.9 Å². The van der Waals surface area contributed by atoms with Gasteiger partial charge in [0.25, 0.3) is 5.56 Å². The van der Waals surface area contributed by atoms with Crippen molar-refractivity contribution in [2.45, 2.75) is 32.9 Å². The molecule has 27 heavy (non-hydrogen) atoms. The lowest BCUT2D eigenvalue weighted by Gasteiger charge is -2.15. The highest BCUT2D eigenvalue weighted by Gasteiger charge is 2.22. The van der Waals surface area contributed by atoms with Gasteiger partial charge in [0.2, 0.25) is 5.91 Å². The molecular weight excluding hydrogens is 368 g/mol. The number of aromatic carboxylic acids is 1. The Hall–Kier alpha value is -3.07. The summed E-state index contributed by atoms with van der Waals surface area (Å²) in [6.45, 7) is 3.53. The zero-order valence-electron chi connectivity index (χ0n) is 14.8. The van der Waals surface area contributed by atoms with Gasteiger partial charge in [0.15, 0.2) is 5.82 Å². The molecule has 1 unspecified atom stereocenters. The Bertz CT molecular complexity index is 1060. The molecule has 3 aromatic heterocycles. The third-order valence-corrected chi connectivity index (χ3v) is 5.01.